The molecule has 16 heavy (non-hydrogen) atoms. The average molecular weight is 222 g/mol. The molecule has 0 aliphatic rings. The van der Waals surface area contributed by atoms with Crippen LogP contribution in [-0.4, -0.2) is 37.3 Å². The summed E-state index contributed by atoms with van der Waals surface area (Å²) in [6, 6.07) is 9.57. The highest BCUT2D eigenvalue weighted by Crippen LogP contribution is 2.02. The molecule has 0 bridgehead atoms. The lowest BCUT2D eigenvalue weighted by Gasteiger charge is -2.16. The molecule has 1 rings (SSSR count). The van der Waals surface area contributed by atoms with Gasteiger partial charge in [-0.2, -0.15) is 0 Å². The van der Waals surface area contributed by atoms with Gasteiger partial charge in [-0.05, 0) is 19.0 Å². The van der Waals surface area contributed by atoms with Crippen LogP contribution in [0.4, 0.5) is 0 Å². The molecule has 0 spiro atoms. The fourth-order valence-corrected chi connectivity index (χ4v) is 1.50. The molecule has 0 heterocycles. The topological polar surface area (TPSA) is 61.4 Å². The van der Waals surface area contributed by atoms with E-state index in [1.165, 1.54) is 0 Å². The first kappa shape index (κ1) is 12.7. The Morgan fingerprint density at radius 3 is 2.62 bits per heavy atom. The summed E-state index contributed by atoms with van der Waals surface area (Å²) < 4.78 is 0. The summed E-state index contributed by atoms with van der Waals surface area (Å²) in [6.45, 7) is 0.218. The Labute approximate surface area is 95.7 Å². The number of hydrogen-bond acceptors (Lipinski definition) is 3. The number of aliphatic hydroxyl groups is 1. The van der Waals surface area contributed by atoms with Crippen LogP contribution in [0.1, 0.15) is 5.56 Å². The van der Waals surface area contributed by atoms with Crippen LogP contribution >= 0.6 is 0 Å². The van der Waals surface area contributed by atoms with Crippen molar-refractivity contribution in [1.29, 1.82) is 0 Å². The highest BCUT2D eigenvalue weighted by Gasteiger charge is 2.10. The minimum Gasteiger partial charge on any atom is -0.394 e. The summed E-state index contributed by atoms with van der Waals surface area (Å²) in [5.41, 5.74) is 1.10. The number of rotatable bonds is 6. The molecule has 4 nitrogen and oxygen atoms in total. The van der Waals surface area contributed by atoms with E-state index in [4.69, 9.17) is 5.11 Å². The molecule has 1 atom stereocenters. The molecule has 1 aromatic carbocycles. The van der Waals surface area contributed by atoms with Crippen LogP contribution in [0.2, 0.25) is 0 Å². The third-order valence-electron chi connectivity index (χ3n) is 2.25. The molecule has 0 aliphatic carbocycles. The fraction of sp³-hybridized carbons (Fsp3) is 0.417. The van der Waals surface area contributed by atoms with Gasteiger partial charge in [0.1, 0.15) is 0 Å². The Hall–Kier alpha value is -1.39. The third kappa shape index (κ3) is 4.42. The minimum absolute atomic E-state index is 0.0512. The van der Waals surface area contributed by atoms with Gasteiger partial charge >= 0.3 is 0 Å². The number of carbonyl (C=O) groups excluding carboxylic acids is 1. The molecule has 1 aromatic rings. The number of nitrogens with one attached hydrogen (secondary N) is 2. The molecule has 1 unspecified atom stereocenters. The number of benzene rings is 1. The van der Waals surface area contributed by atoms with E-state index in [2.05, 4.69) is 10.6 Å². The van der Waals surface area contributed by atoms with Gasteiger partial charge in [-0.1, -0.05) is 30.3 Å². The molecule has 1 amide bonds. The molecular weight excluding hydrogens is 204 g/mol. The predicted octanol–water partition coefficient (Wildman–Crippen LogP) is -0.0744. The smallest absolute Gasteiger partial charge is 0.234 e. The van der Waals surface area contributed by atoms with Crippen LogP contribution in [0.5, 0.6) is 0 Å². The van der Waals surface area contributed by atoms with Crippen LogP contribution in [0, 0.1) is 0 Å². The summed E-state index contributed by atoms with van der Waals surface area (Å²) in [4.78, 5) is 11.3. The maximum atomic E-state index is 11.3. The Morgan fingerprint density at radius 2 is 2.06 bits per heavy atom. The first-order valence-electron chi connectivity index (χ1n) is 5.35. The van der Waals surface area contributed by atoms with Gasteiger partial charge in [0.15, 0.2) is 0 Å². The van der Waals surface area contributed by atoms with Crippen LogP contribution in [0.25, 0.3) is 0 Å². The maximum Gasteiger partial charge on any atom is 0.234 e. The second kappa shape index (κ2) is 6.98. The zero-order chi connectivity index (χ0) is 11.8. The third-order valence-corrected chi connectivity index (χ3v) is 2.25. The summed E-state index contributed by atoms with van der Waals surface area (Å²) in [6.07, 6.45) is 0.646. The first-order chi connectivity index (χ1) is 7.76. The molecule has 4 heteroatoms. The quantitative estimate of drug-likeness (QED) is 0.631. The molecule has 0 saturated carbocycles. The van der Waals surface area contributed by atoms with Crippen molar-refractivity contribution in [2.24, 2.45) is 0 Å². The molecule has 88 valence electrons. The number of likely N-dealkylation sites (N-methyl/N-ethyl adjacent to an activating group) is 1. The predicted molar refractivity (Wildman–Crippen MR) is 63.1 cm³/mol. The molecular formula is C12H18N2O2. The summed E-state index contributed by atoms with van der Waals surface area (Å²) in [5.74, 6) is -0.0996. The van der Waals surface area contributed by atoms with Crippen molar-refractivity contribution in [3.63, 3.8) is 0 Å². The SMILES string of the molecule is CNCC(=O)NC(CO)Cc1ccccc1. The van der Waals surface area contributed by atoms with Crippen molar-refractivity contribution in [3.8, 4) is 0 Å². The Bertz CT molecular complexity index is 314. The number of hydrogen-bond donors (Lipinski definition) is 3. The number of aliphatic hydroxyl groups excluding tert-OH is 1. The van der Waals surface area contributed by atoms with Crippen molar-refractivity contribution in [2.75, 3.05) is 20.2 Å². The van der Waals surface area contributed by atoms with E-state index >= 15 is 0 Å². The van der Waals surface area contributed by atoms with Gasteiger partial charge in [-0.25, -0.2) is 0 Å². The summed E-state index contributed by atoms with van der Waals surface area (Å²) >= 11 is 0. The fourth-order valence-electron chi connectivity index (χ4n) is 1.50. The van der Waals surface area contributed by atoms with Crippen LogP contribution in [0.3, 0.4) is 0 Å². The molecule has 0 aromatic heterocycles. The highest BCUT2D eigenvalue weighted by atomic mass is 16.3. The van der Waals surface area contributed by atoms with Gasteiger partial charge in [0.25, 0.3) is 0 Å². The summed E-state index contributed by atoms with van der Waals surface area (Å²) in [5, 5.41) is 14.7. The van der Waals surface area contributed by atoms with Crippen molar-refractivity contribution in [2.45, 2.75) is 12.5 Å². The maximum absolute atomic E-state index is 11.3. The van der Waals surface area contributed by atoms with E-state index in [1.54, 1.807) is 7.05 Å². The molecule has 3 N–H and O–H groups in total. The largest absolute Gasteiger partial charge is 0.394 e. The lowest BCUT2D eigenvalue weighted by molar-refractivity contribution is -0.121. The Kier molecular flexibility index (Phi) is 5.53. The first-order valence-corrected chi connectivity index (χ1v) is 5.35. The normalized spacial score (nSPS) is 12.1. The Balaban J connectivity index is 2.46. The lowest BCUT2D eigenvalue weighted by Crippen LogP contribution is -2.42. The monoisotopic (exact) mass is 222 g/mol. The van der Waals surface area contributed by atoms with Gasteiger partial charge in [-0.3, -0.25) is 4.79 Å². The second-order valence-electron chi connectivity index (χ2n) is 3.67. The second-order valence-corrected chi connectivity index (χ2v) is 3.67. The summed E-state index contributed by atoms with van der Waals surface area (Å²) in [7, 11) is 1.71. The van der Waals surface area contributed by atoms with E-state index in [1.807, 2.05) is 30.3 Å². The number of amides is 1. The van der Waals surface area contributed by atoms with Crippen LogP contribution in [-0.2, 0) is 11.2 Å². The minimum atomic E-state index is -0.219. The van der Waals surface area contributed by atoms with Crippen molar-refractivity contribution in [3.05, 3.63) is 35.9 Å². The van der Waals surface area contributed by atoms with E-state index in [-0.39, 0.29) is 25.1 Å². The van der Waals surface area contributed by atoms with Gasteiger partial charge in [-0.15, -0.1) is 0 Å². The van der Waals surface area contributed by atoms with Gasteiger partial charge in [0.2, 0.25) is 5.91 Å². The Morgan fingerprint density at radius 1 is 1.38 bits per heavy atom. The standard InChI is InChI=1S/C12H18N2O2/c1-13-8-12(16)14-11(9-15)7-10-5-3-2-4-6-10/h2-6,11,13,15H,7-9H2,1H3,(H,14,16). The van der Waals surface area contributed by atoms with Crippen LogP contribution in [0.15, 0.2) is 30.3 Å². The van der Waals surface area contributed by atoms with Gasteiger partial charge in [0.05, 0.1) is 19.2 Å². The van der Waals surface area contributed by atoms with Gasteiger partial charge < -0.3 is 15.7 Å². The molecule has 0 radical (unpaired) electrons. The highest BCUT2D eigenvalue weighted by molar-refractivity contribution is 5.78. The van der Waals surface area contributed by atoms with Crippen LogP contribution < -0.4 is 10.6 Å². The van der Waals surface area contributed by atoms with Crippen molar-refractivity contribution in [1.82, 2.24) is 10.6 Å². The molecule has 0 aliphatic heterocycles. The van der Waals surface area contributed by atoms with E-state index < -0.39 is 0 Å². The van der Waals surface area contributed by atoms with Crippen molar-refractivity contribution >= 4 is 5.91 Å². The van der Waals surface area contributed by atoms with E-state index in [0.717, 1.165) is 5.56 Å². The zero-order valence-corrected chi connectivity index (χ0v) is 9.44. The molecule has 0 saturated heterocycles. The van der Waals surface area contributed by atoms with Gasteiger partial charge in [0, 0.05) is 0 Å². The zero-order valence-electron chi connectivity index (χ0n) is 9.44. The average Bonchev–Trinajstić information content (AvgIpc) is 2.30. The number of carbonyl (C=O) groups is 1. The molecule has 0 fully saturated rings. The van der Waals surface area contributed by atoms with E-state index in [9.17, 15) is 4.79 Å². The van der Waals surface area contributed by atoms with Crippen molar-refractivity contribution < 1.29 is 9.90 Å². The lowest BCUT2D eigenvalue weighted by atomic mass is 10.1. The van der Waals surface area contributed by atoms with E-state index in [0.29, 0.717) is 6.42 Å².